The second-order valence-corrected chi connectivity index (χ2v) is 7.88. The van der Waals surface area contributed by atoms with Crippen LogP contribution < -0.4 is 20.1 Å². The Bertz CT molecular complexity index is 1320. The van der Waals surface area contributed by atoms with Gasteiger partial charge in [-0.1, -0.05) is 5.10 Å². The standard InChI is InChI=1S/C22H16F3IN4O3/c1-31-12-4-8-17(18(10-12)32-2)28-22-30-29-21(33-22)13-5-6-14(23)19(25)20(13)27-16-7-3-11(26)9-15(16)24/h3-10,27H,1-2H3,(H,28,30). The maximum Gasteiger partial charge on any atom is 0.320 e. The van der Waals surface area contributed by atoms with Gasteiger partial charge < -0.3 is 24.5 Å². The Morgan fingerprint density at radius 2 is 1.64 bits per heavy atom. The Hall–Kier alpha value is -3.48. The maximum absolute atomic E-state index is 14.7. The topological polar surface area (TPSA) is 81.4 Å². The molecule has 0 bridgehead atoms. The first-order chi connectivity index (χ1) is 15.9. The molecule has 33 heavy (non-hydrogen) atoms. The minimum Gasteiger partial charge on any atom is -0.497 e. The van der Waals surface area contributed by atoms with Crippen LogP contribution in [0, 0.1) is 21.0 Å². The summed E-state index contributed by atoms with van der Waals surface area (Å²) in [7, 11) is 3.02. The third kappa shape index (κ3) is 4.82. The van der Waals surface area contributed by atoms with E-state index < -0.39 is 17.5 Å². The summed E-state index contributed by atoms with van der Waals surface area (Å²) in [6.45, 7) is 0. The Morgan fingerprint density at radius 3 is 2.36 bits per heavy atom. The molecule has 7 nitrogen and oxygen atoms in total. The van der Waals surface area contributed by atoms with Crippen molar-refractivity contribution in [2.24, 2.45) is 0 Å². The zero-order chi connectivity index (χ0) is 23.5. The molecule has 0 aliphatic carbocycles. The first-order valence-corrected chi connectivity index (χ1v) is 10.5. The number of nitrogens with one attached hydrogen (secondary N) is 2. The van der Waals surface area contributed by atoms with Crippen molar-refractivity contribution in [1.82, 2.24) is 10.2 Å². The van der Waals surface area contributed by atoms with Crippen LogP contribution in [0.4, 0.5) is 36.2 Å². The van der Waals surface area contributed by atoms with Crippen LogP contribution in [0.5, 0.6) is 11.5 Å². The molecule has 1 aromatic heterocycles. The van der Waals surface area contributed by atoms with Crippen LogP contribution in [0.3, 0.4) is 0 Å². The highest BCUT2D eigenvalue weighted by Crippen LogP contribution is 2.36. The summed E-state index contributed by atoms with van der Waals surface area (Å²) in [5.41, 5.74) is 0.182. The van der Waals surface area contributed by atoms with Crippen LogP contribution in [-0.4, -0.2) is 24.4 Å². The molecule has 0 atom stereocenters. The molecular weight excluding hydrogens is 552 g/mol. The Morgan fingerprint density at radius 1 is 0.848 bits per heavy atom. The van der Waals surface area contributed by atoms with Crippen molar-refractivity contribution in [3.63, 3.8) is 0 Å². The lowest BCUT2D eigenvalue weighted by Crippen LogP contribution is -2.01. The maximum atomic E-state index is 14.7. The molecule has 4 aromatic rings. The molecule has 0 radical (unpaired) electrons. The van der Waals surface area contributed by atoms with E-state index in [0.717, 1.165) is 6.07 Å². The summed E-state index contributed by atoms with van der Waals surface area (Å²) in [5, 5.41) is 13.3. The number of anilines is 4. The number of methoxy groups -OCH3 is 2. The zero-order valence-electron chi connectivity index (χ0n) is 17.2. The number of hydrogen-bond acceptors (Lipinski definition) is 7. The highest BCUT2D eigenvalue weighted by atomic mass is 127. The van der Waals surface area contributed by atoms with E-state index in [1.807, 2.05) is 22.6 Å². The molecule has 2 N–H and O–H groups in total. The summed E-state index contributed by atoms with van der Waals surface area (Å²) in [6, 6.07) is 11.5. The third-order valence-corrected chi connectivity index (χ3v) is 5.26. The molecule has 0 aliphatic rings. The minimum absolute atomic E-state index is 0.0235. The van der Waals surface area contributed by atoms with Crippen molar-refractivity contribution < 1.29 is 27.1 Å². The van der Waals surface area contributed by atoms with Crippen molar-refractivity contribution in [3.05, 3.63) is 69.6 Å². The van der Waals surface area contributed by atoms with E-state index in [0.29, 0.717) is 20.8 Å². The van der Waals surface area contributed by atoms with Gasteiger partial charge in [0.2, 0.25) is 0 Å². The Kier molecular flexibility index (Phi) is 6.58. The highest BCUT2D eigenvalue weighted by molar-refractivity contribution is 14.1. The Balaban J connectivity index is 1.68. The van der Waals surface area contributed by atoms with Gasteiger partial charge >= 0.3 is 6.01 Å². The highest BCUT2D eigenvalue weighted by Gasteiger charge is 2.21. The van der Waals surface area contributed by atoms with Crippen LogP contribution in [-0.2, 0) is 0 Å². The number of nitrogens with zero attached hydrogens (tertiary/aromatic N) is 2. The van der Waals surface area contributed by atoms with E-state index in [-0.39, 0.29) is 28.8 Å². The van der Waals surface area contributed by atoms with Gasteiger partial charge in [0.05, 0.1) is 36.8 Å². The van der Waals surface area contributed by atoms with Crippen molar-refractivity contribution in [2.75, 3.05) is 24.9 Å². The van der Waals surface area contributed by atoms with Crippen molar-refractivity contribution in [1.29, 1.82) is 0 Å². The summed E-state index contributed by atoms with van der Waals surface area (Å²) in [5.74, 6) is -2.03. The quantitative estimate of drug-likeness (QED) is 0.255. The molecule has 3 aromatic carbocycles. The lowest BCUT2D eigenvalue weighted by atomic mass is 10.1. The summed E-state index contributed by atoms with van der Waals surface area (Å²) < 4.78 is 59.7. The number of aromatic nitrogens is 2. The first kappa shape index (κ1) is 22.7. The van der Waals surface area contributed by atoms with Crippen molar-refractivity contribution >= 4 is 45.7 Å². The average molecular weight is 568 g/mol. The minimum atomic E-state index is -1.21. The van der Waals surface area contributed by atoms with Crippen molar-refractivity contribution in [2.45, 2.75) is 0 Å². The molecular formula is C22H16F3IN4O3. The van der Waals surface area contributed by atoms with Crippen LogP contribution in [0.15, 0.2) is 52.9 Å². The van der Waals surface area contributed by atoms with Gasteiger partial charge in [0, 0.05) is 9.64 Å². The monoisotopic (exact) mass is 568 g/mol. The molecule has 1 heterocycles. The fraction of sp³-hybridized carbons (Fsp3) is 0.0909. The van der Waals surface area contributed by atoms with Gasteiger partial charge in [-0.15, -0.1) is 5.10 Å². The van der Waals surface area contributed by atoms with E-state index in [1.54, 1.807) is 24.3 Å². The smallest absolute Gasteiger partial charge is 0.320 e. The number of hydrogen-bond donors (Lipinski definition) is 2. The number of benzene rings is 3. The summed E-state index contributed by atoms with van der Waals surface area (Å²) >= 11 is 1.94. The van der Waals surface area contributed by atoms with Gasteiger partial charge in [-0.05, 0) is 65.1 Å². The van der Waals surface area contributed by atoms with Crippen molar-refractivity contribution in [3.8, 4) is 23.0 Å². The predicted octanol–water partition coefficient (Wildman–Crippen LogP) is 6.26. The molecule has 0 saturated heterocycles. The molecule has 0 amide bonds. The van der Waals surface area contributed by atoms with Gasteiger partial charge in [0.15, 0.2) is 11.6 Å². The van der Waals surface area contributed by atoms with Gasteiger partial charge in [0.1, 0.15) is 17.3 Å². The lowest BCUT2D eigenvalue weighted by molar-refractivity contribution is 0.395. The van der Waals surface area contributed by atoms with E-state index >= 15 is 0 Å². The van der Waals surface area contributed by atoms with Gasteiger partial charge in [-0.2, -0.15) is 0 Å². The number of ether oxygens (including phenoxy) is 2. The normalized spacial score (nSPS) is 10.7. The van der Waals surface area contributed by atoms with Crippen LogP contribution in [0.25, 0.3) is 11.5 Å². The third-order valence-electron chi connectivity index (χ3n) is 4.59. The van der Waals surface area contributed by atoms with Gasteiger partial charge in [-0.25, -0.2) is 13.2 Å². The molecule has 0 fully saturated rings. The SMILES string of the molecule is COc1ccc(Nc2nnc(-c3ccc(F)c(F)c3Nc3ccc(I)cc3F)o2)c(OC)c1. The van der Waals surface area contributed by atoms with Gasteiger partial charge in [0.25, 0.3) is 5.89 Å². The largest absolute Gasteiger partial charge is 0.497 e. The number of halogens is 4. The molecule has 170 valence electrons. The first-order valence-electron chi connectivity index (χ1n) is 9.42. The summed E-state index contributed by atoms with van der Waals surface area (Å²) in [6.07, 6.45) is 0. The van der Waals surface area contributed by atoms with E-state index in [2.05, 4.69) is 20.8 Å². The number of rotatable bonds is 7. The predicted molar refractivity (Wildman–Crippen MR) is 125 cm³/mol. The van der Waals surface area contributed by atoms with E-state index in [4.69, 9.17) is 13.9 Å². The molecule has 0 unspecified atom stereocenters. The second kappa shape index (κ2) is 9.57. The van der Waals surface area contributed by atoms with E-state index in [9.17, 15) is 13.2 Å². The zero-order valence-corrected chi connectivity index (χ0v) is 19.4. The summed E-state index contributed by atoms with van der Waals surface area (Å²) in [4.78, 5) is 0. The second-order valence-electron chi connectivity index (χ2n) is 6.64. The average Bonchev–Trinajstić information content (AvgIpc) is 3.27. The van der Waals surface area contributed by atoms with Crippen LogP contribution in [0.1, 0.15) is 0 Å². The molecule has 0 saturated carbocycles. The van der Waals surface area contributed by atoms with Crippen LogP contribution in [0.2, 0.25) is 0 Å². The Labute approximate surface area is 200 Å². The lowest BCUT2D eigenvalue weighted by Gasteiger charge is -2.12. The fourth-order valence-corrected chi connectivity index (χ4v) is 3.43. The molecule has 0 aliphatic heterocycles. The van der Waals surface area contributed by atoms with Crippen LogP contribution >= 0.6 is 22.6 Å². The molecule has 0 spiro atoms. The van der Waals surface area contributed by atoms with E-state index in [1.165, 1.54) is 32.4 Å². The fourth-order valence-electron chi connectivity index (χ4n) is 2.98. The molecule has 4 rings (SSSR count). The van der Waals surface area contributed by atoms with Gasteiger partial charge in [-0.3, -0.25) is 0 Å². The molecule has 11 heteroatoms.